The van der Waals surface area contributed by atoms with Crippen LogP contribution < -0.4 is 21.6 Å². The van der Waals surface area contributed by atoms with Crippen LogP contribution in [0.3, 0.4) is 0 Å². The van der Waals surface area contributed by atoms with Gasteiger partial charge in [-0.15, -0.1) is 4.73 Å². The number of rotatable bonds is 16. The molecule has 8 N–H and O–H groups in total. The number of nitrogens with zero attached hydrogens (tertiary/aromatic N) is 2. The third-order valence-electron chi connectivity index (χ3n) is 7.22. The molecule has 0 aromatic carbocycles. The van der Waals surface area contributed by atoms with Crippen molar-refractivity contribution >= 4 is 41.4 Å². The molecule has 2 rings (SSSR count). The highest BCUT2D eigenvalue weighted by Crippen LogP contribution is 2.34. The number of primary amides is 1. The molecule has 1 fully saturated rings. The van der Waals surface area contributed by atoms with Crippen LogP contribution in [0, 0.1) is 0 Å². The lowest BCUT2D eigenvalue weighted by Crippen LogP contribution is -2.74. The summed E-state index contributed by atoms with van der Waals surface area (Å²) in [5.74, 6) is -10.3. The van der Waals surface area contributed by atoms with Crippen molar-refractivity contribution in [3.63, 3.8) is 0 Å². The van der Waals surface area contributed by atoms with Gasteiger partial charge >= 0.3 is 17.9 Å². The summed E-state index contributed by atoms with van der Waals surface area (Å²) in [6.45, 7) is 5.73. The molecule has 20 nitrogen and oxygen atoms in total. The van der Waals surface area contributed by atoms with Gasteiger partial charge in [-0.2, -0.15) is 0 Å². The number of carbonyl (C=O) groups is 7. The molecule has 2 heterocycles. The Morgan fingerprint density at radius 1 is 1.02 bits per heavy atom. The number of ether oxygens (including phenoxy) is 4. The minimum Gasteiger partial charge on any atom is -0.492 e. The SMILES string of the molecule is CC(=O)N[C@@H]1[C@@H](OC(C)CN(C(=O)[C@H](C)N)[C@H](CCC(=O)On2c(O)ccc2O)C(N)=O)[C@H](OC(C)=O)[C@@H](COC(C)=O)O[C@@]1(O)C(C)=O. The molecule has 0 bridgehead atoms. The van der Waals surface area contributed by atoms with Gasteiger partial charge in [-0.3, -0.25) is 28.8 Å². The third kappa shape index (κ3) is 10.6. The van der Waals surface area contributed by atoms with Crippen molar-refractivity contribution in [3.05, 3.63) is 12.1 Å². The summed E-state index contributed by atoms with van der Waals surface area (Å²) in [7, 11) is 0. The van der Waals surface area contributed by atoms with E-state index in [1.807, 2.05) is 0 Å². The molecule has 8 atom stereocenters. The van der Waals surface area contributed by atoms with E-state index < -0.39 is 127 Å². The van der Waals surface area contributed by atoms with Crippen LogP contribution in [-0.2, 0) is 52.5 Å². The number of aliphatic hydroxyl groups is 1. The minimum absolute atomic E-state index is 0.418. The highest BCUT2D eigenvalue weighted by molar-refractivity contribution is 5.89. The highest BCUT2D eigenvalue weighted by atomic mass is 16.7. The zero-order chi connectivity index (χ0) is 37.4. The second-order valence-corrected chi connectivity index (χ2v) is 11.4. The Labute approximate surface area is 280 Å². The van der Waals surface area contributed by atoms with E-state index in [9.17, 15) is 48.9 Å². The molecular formula is C29H43N5O15. The van der Waals surface area contributed by atoms with Gasteiger partial charge in [0.1, 0.15) is 30.9 Å². The van der Waals surface area contributed by atoms with Crippen LogP contribution in [0.4, 0.5) is 0 Å². The number of nitrogens with two attached hydrogens (primary N) is 2. The van der Waals surface area contributed by atoms with E-state index in [1.54, 1.807) is 0 Å². The number of hydrogen-bond acceptors (Lipinski definition) is 16. The van der Waals surface area contributed by atoms with Gasteiger partial charge in [0.05, 0.1) is 18.6 Å². The number of aromatic hydroxyl groups is 2. The molecule has 3 amide bonds. The van der Waals surface area contributed by atoms with Crippen LogP contribution in [0.2, 0.25) is 0 Å². The molecule has 0 saturated carbocycles. The van der Waals surface area contributed by atoms with Crippen molar-refractivity contribution in [3.8, 4) is 11.8 Å². The molecular weight excluding hydrogens is 658 g/mol. The first-order valence-electron chi connectivity index (χ1n) is 15.0. The Kier molecular flexibility index (Phi) is 14.0. The Morgan fingerprint density at radius 3 is 2.08 bits per heavy atom. The number of carbonyl (C=O) groups excluding carboxylic acids is 7. The van der Waals surface area contributed by atoms with Gasteiger partial charge in [-0.1, -0.05) is 0 Å². The van der Waals surface area contributed by atoms with Crippen LogP contribution in [0.1, 0.15) is 54.4 Å². The maximum atomic E-state index is 13.3. The fraction of sp³-hybridized carbons (Fsp3) is 0.621. The maximum absolute atomic E-state index is 13.3. The quantitative estimate of drug-likeness (QED) is 0.0943. The lowest BCUT2D eigenvalue weighted by atomic mass is 9.87. The second-order valence-electron chi connectivity index (χ2n) is 11.4. The van der Waals surface area contributed by atoms with Crippen LogP contribution in [0.25, 0.3) is 0 Å². The van der Waals surface area contributed by atoms with E-state index in [0.717, 1.165) is 44.7 Å². The van der Waals surface area contributed by atoms with Gasteiger partial charge in [0.15, 0.2) is 11.9 Å². The molecule has 1 saturated heterocycles. The summed E-state index contributed by atoms with van der Waals surface area (Å²) in [5, 5.41) is 33.2. The Morgan fingerprint density at radius 2 is 1.61 bits per heavy atom. The summed E-state index contributed by atoms with van der Waals surface area (Å²) >= 11 is 0. The van der Waals surface area contributed by atoms with Crippen molar-refractivity contribution < 1.29 is 72.7 Å². The Hall–Kier alpha value is -4.79. The lowest BCUT2D eigenvalue weighted by molar-refractivity contribution is -0.312. The monoisotopic (exact) mass is 701 g/mol. The van der Waals surface area contributed by atoms with Gasteiger partial charge < -0.3 is 60.8 Å². The molecule has 49 heavy (non-hydrogen) atoms. The first kappa shape index (κ1) is 40.4. The first-order chi connectivity index (χ1) is 22.7. The van der Waals surface area contributed by atoms with Crippen molar-refractivity contribution in [1.29, 1.82) is 0 Å². The average molecular weight is 702 g/mol. The van der Waals surface area contributed by atoms with E-state index in [0.29, 0.717) is 4.73 Å². The highest BCUT2D eigenvalue weighted by Gasteiger charge is 2.59. The fourth-order valence-corrected chi connectivity index (χ4v) is 5.08. The maximum Gasteiger partial charge on any atom is 0.333 e. The average Bonchev–Trinajstić information content (AvgIpc) is 3.29. The first-order valence-corrected chi connectivity index (χ1v) is 15.0. The zero-order valence-electron chi connectivity index (χ0n) is 27.8. The molecule has 1 aliphatic rings. The van der Waals surface area contributed by atoms with Crippen LogP contribution in [0.15, 0.2) is 12.1 Å². The number of esters is 2. The number of amides is 3. The van der Waals surface area contributed by atoms with E-state index in [1.165, 1.54) is 13.8 Å². The zero-order valence-corrected chi connectivity index (χ0v) is 27.8. The predicted octanol–water partition coefficient (Wildman–Crippen LogP) is -2.89. The van der Waals surface area contributed by atoms with Gasteiger partial charge in [-0.05, 0) is 20.3 Å². The molecule has 0 aliphatic carbocycles. The third-order valence-corrected chi connectivity index (χ3v) is 7.22. The topological polar surface area (TPSA) is 299 Å². The fourth-order valence-electron chi connectivity index (χ4n) is 5.08. The second kappa shape index (κ2) is 17.0. The Bertz CT molecular complexity index is 1390. The summed E-state index contributed by atoms with van der Waals surface area (Å²) < 4.78 is 22.6. The normalized spacial score (nSPS) is 23.7. The smallest absolute Gasteiger partial charge is 0.333 e. The number of ketones is 1. The van der Waals surface area contributed by atoms with E-state index in [4.69, 9.17) is 35.3 Å². The van der Waals surface area contributed by atoms with Crippen molar-refractivity contribution in [2.45, 2.75) is 103 Å². The van der Waals surface area contributed by atoms with Gasteiger partial charge in [-0.25, -0.2) is 4.79 Å². The van der Waals surface area contributed by atoms with E-state index >= 15 is 0 Å². The molecule has 0 radical (unpaired) electrons. The standard InChI is InChI=1S/C29H43N5O15/c1-13(11-33(28(43)14(2)30)19(27(31)42)7-10-23(41)49-34-21(39)8-9-22(34)40)46-25-24(47-18(6)38)20(12-45-17(5)37)48-29(44,15(3)35)26(25)32-16(4)36/h8-9,13-14,19-20,24-26,39-40,44H,7,10-12,30H2,1-6H3,(H2,31,42)(H,32,36)/t13?,14-,19+,20+,24+,25-,26+,29-/m0/s1. The van der Waals surface area contributed by atoms with Crippen LogP contribution >= 0.6 is 0 Å². The van der Waals surface area contributed by atoms with Crippen molar-refractivity contribution in [1.82, 2.24) is 14.9 Å². The van der Waals surface area contributed by atoms with E-state index in [-0.39, 0.29) is 0 Å². The number of nitrogens with one attached hydrogen (secondary N) is 1. The molecule has 1 aliphatic heterocycles. The predicted molar refractivity (Wildman–Crippen MR) is 162 cm³/mol. The van der Waals surface area contributed by atoms with Crippen LogP contribution in [0.5, 0.6) is 11.8 Å². The molecule has 1 unspecified atom stereocenters. The lowest BCUT2D eigenvalue weighted by Gasteiger charge is -2.49. The summed E-state index contributed by atoms with van der Waals surface area (Å²) in [4.78, 5) is 93.0. The van der Waals surface area contributed by atoms with Gasteiger partial charge in [0.25, 0.3) is 0 Å². The largest absolute Gasteiger partial charge is 0.492 e. The number of aromatic nitrogens is 1. The Balaban J connectivity index is 2.47. The van der Waals surface area contributed by atoms with E-state index in [2.05, 4.69) is 5.32 Å². The summed E-state index contributed by atoms with van der Waals surface area (Å²) in [6, 6.07) is -2.33. The van der Waals surface area contributed by atoms with Crippen LogP contribution in [-0.4, -0.2) is 128 Å². The molecule has 0 spiro atoms. The number of Topliss-reactive ketones (excluding diaryl/α,β-unsaturated/α-hetero) is 1. The molecule has 274 valence electrons. The molecule has 1 aromatic rings. The molecule has 20 heteroatoms. The molecule has 1 aromatic heterocycles. The summed E-state index contributed by atoms with van der Waals surface area (Å²) in [6.07, 6.45) is -6.80. The van der Waals surface area contributed by atoms with Gasteiger partial charge in [0.2, 0.25) is 35.3 Å². The minimum atomic E-state index is -2.79. The summed E-state index contributed by atoms with van der Waals surface area (Å²) in [5.41, 5.74) is 11.5. The van der Waals surface area contributed by atoms with Gasteiger partial charge in [0, 0.05) is 46.4 Å². The van der Waals surface area contributed by atoms with Crippen molar-refractivity contribution in [2.24, 2.45) is 11.5 Å². The van der Waals surface area contributed by atoms with Crippen molar-refractivity contribution in [2.75, 3.05) is 13.2 Å². The number of hydrogen-bond donors (Lipinski definition) is 6.